The molecule has 50 heavy (non-hydrogen) atoms. The molecule has 0 saturated heterocycles. The van der Waals surface area contributed by atoms with Gasteiger partial charge in [0, 0.05) is 32.9 Å². The van der Waals surface area contributed by atoms with E-state index in [0.717, 1.165) is 11.4 Å². The summed E-state index contributed by atoms with van der Waals surface area (Å²) in [4.78, 5) is 0. The van der Waals surface area contributed by atoms with E-state index in [0.29, 0.717) is 0 Å². The highest BCUT2D eigenvalue weighted by Gasteiger charge is 2.20. The van der Waals surface area contributed by atoms with Crippen molar-refractivity contribution in [3.8, 4) is 44.8 Å². The normalized spacial score (nSPS) is 11.6. The summed E-state index contributed by atoms with van der Waals surface area (Å²) in [6.45, 7) is 0. The molecule has 0 unspecified atom stereocenters. The van der Waals surface area contributed by atoms with Gasteiger partial charge in [0.1, 0.15) is 0 Å². The van der Waals surface area contributed by atoms with Crippen LogP contribution in [-0.2, 0) is 0 Å². The minimum Gasteiger partial charge on any atom is -0.309 e. The Balaban J connectivity index is 1.30. The van der Waals surface area contributed by atoms with Crippen molar-refractivity contribution < 1.29 is 0 Å². The van der Waals surface area contributed by atoms with Crippen molar-refractivity contribution in [1.29, 1.82) is 0 Å². The first-order chi connectivity index (χ1) is 24.8. The molecule has 0 aliphatic heterocycles. The van der Waals surface area contributed by atoms with Crippen molar-refractivity contribution in [3.63, 3.8) is 0 Å². The van der Waals surface area contributed by atoms with E-state index in [9.17, 15) is 0 Å². The highest BCUT2D eigenvalue weighted by Crippen LogP contribution is 2.41. The molecule has 10 aromatic rings. The molecule has 0 fully saturated rings. The van der Waals surface area contributed by atoms with Crippen LogP contribution >= 0.6 is 0 Å². The van der Waals surface area contributed by atoms with E-state index in [4.69, 9.17) is 0 Å². The largest absolute Gasteiger partial charge is 0.309 e. The lowest BCUT2D eigenvalue weighted by Gasteiger charge is -2.14. The highest BCUT2D eigenvalue weighted by molar-refractivity contribution is 6.19. The van der Waals surface area contributed by atoms with Gasteiger partial charge in [-0.15, -0.1) is 0 Å². The van der Waals surface area contributed by atoms with Gasteiger partial charge in [-0.1, -0.05) is 140 Å². The fraction of sp³-hybridized carbons (Fsp3) is 0. The first kappa shape index (κ1) is 28.4. The smallest absolute Gasteiger partial charge is 0.0548 e. The average molecular weight is 637 g/mol. The zero-order valence-electron chi connectivity index (χ0n) is 27.4. The van der Waals surface area contributed by atoms with Crippen LogP contribution in [0.5, 0.6) is 0 Å². The molecule has 0 radical (unpaired) electrons. The van der Waals surface area contributed by atoms with Crippen molar-refractivity contribution in [2.45, 2.75) is 0 Å². The number of nitrogens with zero attached hydrogens (tertiary/aromatic N) is 2. The maximum Gasteiger partial charge on any atom is 0.0548 e. The van der Waals surface area contributed by atoms with Crippen LogP contribution in [0.15, 0.2) is 194 Å². The van der Waals surface area contributed by atoms with Gasteiger partial charge >= 0.3 is 0 Å². The zero-order chi connectivity index (χ0) is 33.0. The Morgan fingerprint density at radius 1 is 0.220 bits per heavy atom. The summed E-state index contributed by atoms with van der Waals surface area (Å²) in [6.07, 6.45) is 0. The molecule has 2 aromatic heterocycles. The monoisotopic (exact) mass is 636 g/mol. The van der Waals surface area contributed by atoms with Gasteiger partial charge in [0.15, 0.2) is 0 Å². The Labute approximate surface area is 290 Å². The van der Waals surface area contributed by atoms with Gasteiger partial charge in [-0.05, 0) is 88.0 Å². The Morgan fingerprint density at radius 2 is 0.660 bits per heavy atom. The molecule has 234 valence electrons. The Bertz CT molecular complexity index is 2770. The molecule has 2 nitrogen and oxygen atoms in total. The van der Waals surface area contributed by atoms with E-state index in [-0.39, 0.29) is 0 Å². The summed E-state index contributed by atoms with van der Waals surface area (Å²) in [7, 11) is 0. The number of para-hydroxylation sites is 2. The number of aromatic nitrogens is 2. The number of hydrogen-bond acceptors (Lipinski definition) is 0. The summed E-state index contributed by atoms with van der Waals surface area (Å²) < 4.78 is 4.90. The first-order valence-electron chi connectivity index (χ1n) is 17.2. The van der Waals surface area contributed by atoms with Crippen LogP contribution < -0.4 is 0 Å². The van der Waals surface area contributed by atoms with Crippen LogP contribution in [0.1, 0.15) is 0 Å². The van der Waals surface area contributed by atoms with Crippen LogP contribution in [0.3, 0.4) is 0 Å². The lowest BCUT2D eigenvalue weighted by molar-refractivity contribution is 1.17. The topological polar surface area (TPSA) is 9.86 Å². The second kappa shape index (κ2) is 11.5. The fourth-order valence-electron chi connectivity index (χ4n) is 7.76. The van der Waals surface area contributed by atoms with Gasteiger partial charge in [0.2, 0.25) is 0 Å². The van der Waals surface area contributed by atoms with Crippen LogP contribution in [0.2, 0.25) is 0 Å². The third-order valence-electron chi connectivity index (χ3n) is 10.1. The number of rotatable bonds is 5. The van der Waals surface area contributed by atoms with Gasteiger partial charge < -0.3 is 9.13 Å². The van der Waals surface area contributed by atoms with E-state index in [1.807, 2.05) is 0 Å². The average Bonchev–Trinajstić information content (AvgIpc) is 3.69. The molecular formula is C48H32N2. The Hall–Kier alpha value is -6.64. The summed E-state index contributed by atoms with van der Waals surface area (Å²) in [6, 6.07) is 70.5. The Morgan fingerprint density at radius 3 is 1.24 bits per heavy atom. The lowest BCUT2D eigenvalue weighted by atomic mass is 9.98. The van der Waals surface area contributed by atoms with Gasteiger partial charge in [-0.2, -0.15) is 0 Å². The van der Waals surface area contributed by atoms with E-state index in [1.165, 1.54) is 77.0 Å². The molecular weight excluding hydrogens is 605 g/mol. The van der Waals surface area contributed by atoms with Crippen molar-refractivity contribution in [2.24, 2.45) is 0 Å². The molecule has 10 rings (SSSR count). The van der Waals surface area contributed by atoms with Gasteiger partial charge in [-0.25, -0.2) is 0 Å². The first-order valence-corrected chi connectivity index (χ1v) is 17.2. The van der Waals surface area contributed by atoms with Gasteiger partial charge in [0.05, 0.1) is 22.1 Å². The second-order valence-corrected chi connectivity index (χ2v) is 13.0. The van der Waals surface area contributed by atoms with Crippen LogP contribution in [-0.4, -0.2) is 9.13 Å². The highest BCUT2D eigenvalue weighted by atomic mass is 15.0. The van der Waals surface area contributed by atoms with Gasteiger partial charge in [-0.3, -0.25) is 0 Å². The second-order valence-electron chi connectivity index (χ2n) is 13.0. The minimum absolute atomic E-state index is 1.15. The minimum atomic E-state index is 1.15. The lowest BCUT2D eigenvalue weighted by Crippen LogP contribution is -1.96. The molecule has 0 saturated carbocycles. The molecule has 0 bridgehead atoms. The summed E-state index contributed by atoms with van der Waals surface area (Å²) in [5, 5.41) is 4.96. The third-order valence-corrected chi connectivity index (χ3v) is 10.1. The fourth-order valence-corrected chi connectivity index (χ4v) is 7.76. The zero-order valence-corrected chi connectivity index (χ0v) is 27.4. The molecule has 0 N–H and O–H groups in total. The predicted molar refractivity (Wildman–Crippen MR) is 211 cm³/mol. The molecule has 2 heteroatoms. The molecule has 0 aliphatic carbocycles. The molecule has 0 spiro atoms. The van der Waals surface area contributed by atoms with Crippen molar-refractivity contribution >= 4 is 43.6 Å². The number of fused-ring (bicyclic) bond motifs is 6. The van der Waals surface area contributed by atoms with Crippen molar-refractivity contribution in [3.05, 3.63) is 194 Å². The quantitative estimate of drug-likeness (QED) is 0.178. The summed E-state index contributed by atoms with van der Waals surface area (Å²) in [5.74, 6) is 0. The molecule has 8 aromatic carbocycles. The van der Waals surface area contributed by atoms with E-state index < -0.39 is 0 Å². The Kier molecular flexibility index (Phi) is 6.53. The molecule has 0 amide bonds. The number of hydrogen-bond donors (Lipinski definition) is 0. The standard InChI is InChI=1S/C48H32N2/c1-5-15-33(16-6-1)36-25-26-42-44-32-48-43(31-47(44)49(46(42)30-36)39-21-11-4-12-22-39)41-23-13-14-24-45(41)50(48)40-28-37(34-17-7-2-8-18-34)27-38(29-40)35-19-9-3-10-20-35/h1-32H. The third kappa shape index (κ3) is 4.57. The SMILES string of the molecule is c1ccc(-c2cc(-c3ccccc3)cc(-n3c4ccccc4c4cc5c(cc43)c3ccc(-c4ccccc4)cc3n5-c3ccccc3)c2)cc1. The van der Waals surface area contributed by atoms with Crippen LogP contribution in [0.25, 0.3) is 88.4 Å². The maximum absolute atomic E-state index is 2.47. The van der Waals surface area contributed by atoms with Crippen LogP contribution in [0.4, 0.5) is 0 Å². The predicted octanol–water partition coefficient (Wildman–Crippen LogP) is 12.9. The molecule has 2 heterocycles. The van der Waals surface area contributed by atoms with Crippen molar-refractivity contribution in [2.75, 3.05) is 0 Å². The maximum atomic E-state index is 2.47. The molecule has 0 aliphatic rings. The van der Waals surface area contributed by atoms with E-state index in [1.54, 1.807) is 0 Å². The molecule has 0 atom stereocenters. The van der Waals surface area contributed by atoms with E-state index in [2.05, 4.69) is 203 Å². The van der Waals surface area contributed by atoms with Crippen molar-refractivity contribution in [1.82, 2.24) is 9.13 Å². The van der Waals surface area contributed by atoms with Crippen LogP contribution in [0, 0.1) is 0 Å². The van der Waals surface area contributed by atoms with E-state index >= 15 is 0 Å². The summed E-state index contributed by atoms with van der Waals surface area (Å²) >= 11 is 0. The summed E-state index contributed by atoms with van der Waals surface area (Å²) in [5.41, 5.74) is 14.3. The number of benzene rings is 8. The van der Waals surface area contributed by atoms with Gasteiger partial charge in [0.25, 0.3) is 0 Å².